The van der Waals surface area contributed by atoms with Gasteiger partial charge in [-0.15, -0.1) is 0 Å². The molecule has 520 valence electrons. The van der Waals surface area contributed by atoms with Crippen molar-refractivity contribution in [1.29, 1.82) is 0 Å². The van der Waals surface area contributed by atoms with Crippen LogP contribution in [0.1, 0.15) is 25.7 Å². The lowest BCUT2D eigenvalue weighted by molar-refractivity contribution is -0.396. The summed E-state index contributed by atoms with van der Waals surface area (Å²) in [5.74, 6) is -88.2. The molecule has 56 heteroatoms. The van der Waals surface area contributed by atoms with Gasteiger partial charge in [0.05, 0.1) is 54.9 Å². The van der Waals surface area contributed by atoms with Crippen LogP contribution in [-0.4, -0.2) is 218 Å². The van der Waals surface area contributed by atoms with E-state index in [0.29, 0.717) is 0 Å². The Balaban J connectivity index is -0.000000319. The molecule has 0 unspecified atom stereocenters. The van der Waals surface area contributed by atoms with Gasteiger partial charge in [-0.1, -0.05) is 0 Å². The topological polar surface area (TPSA) is 298 Å². The molecular weight excluding hydrogens is 1420 g/mol. The Bertz CT molecular complexity index is 2190. The minimum atomic E-state index is -7.07. The Hall–Kier alpha value is -3.04. The molecule has 0 saturated carbocycles. The molecule has 0 spiro atoms. The third-order valence-electron chi connectivity index (χ3n) is 8.88. The van der Waals surface area contributed by atoms with E-state index in [1.165, 1.54) is 0 Å². The van der Waals surface area contributed by atoms with E-state index in [0.717, 1.165) is 0 Å². The fraction of sp³-hybridized carbons (Fsp3) is 1.00. The molecule has 0 saturated heterocycles. The van der Waals surface area contributed by atoms with Gasteiger partial charge >= 0.3 is 95.8 Å². The minimum Gasteiger partial charge on any atom is -0.396 e. The van der Waals surface area contributed by atoms with Crippen molar-refractivity contribution in [2.45, 2.75) is 121 Å². The molecular formula is C29H32F36O16S4. The summed E-state index contributed by atoms with van der Waals surface area (Å²) in [6, 6.07) is 0. The second-order valence-electron chi connectivity index (χ2n) is 15.7. The van der Waals surface area contributed by atoms with E-state index in [1.807, 2.05) is 0 Å². The van der Waals surface area contributed by atoms with Gasteiger partial charge in [-0.05, 0) is 0 Å². The summed E-state index contributed by atoms with van der Waals surface area (Å²) >= 11 is 0. The summed E-state index contributed by atoms with van der Waals surface area (Å²) in [5, 5.41) is 34.0. The first-order chi connectivity index (χ1) is 36.1. The number of halogens is 36. The first kappa shape index (κ1) is 90.7. The molecule has 0 amide bonds. The number of aliphatic hydroxyl groups is 4. The van der Waals surface area contributed by atoms with E-state index in [-0.39, 0.29) is 0 Å². The molecule has 0 aromatic carbocycles. The molecule has 0 atom stereocenters. The lowest BCUT2D eigenvalue weighted by Crippen LogP contribution is -2.61. The third-order valence-corrected chi connectivity index (χ3v) is 11.8. The molecule has 85 heavy (non-hydrogen) atoms. The molecule has 0 aliphatic heterocycles. The Morgan fingerprint density at radius 1 is 0.212 bits per heavy atom. The van der Waals surface area contributed by atoms with E-state index >= 15 is 0 Å². The predicted octanol–water partition coefficient (Wildman–Crippen LogP) is 8.87. The van der Waals surface area contributed by atoms with Gasteiger partial charge in [0.25, 0.3) is 40.5 Å². The SMILES string of the molecule is O=S(=O)(O)CCC(F)(F)C(F)(F)C(F)(F)C(F)(F)F.O=S(=O)(O)CCC(F)(F)C(F)(F)C(F)(F)C(F)(F)F.O=S(=O)(O)CCC(F)(F)C(F)(F)C(F)(F)C(F)(F)F.O=S(=O)(O)CCC(F)(F)C(F)(F)C(F)(F)C(F)(F)F.OCC(CO)(CO)CO. The van der Waals surface area contributed by atoms with Crippen LogP contribution in [-0.2, 0) is 40.5 Å². The lowest BCUT2D eigenvalue weighted by Gasteiger charge is -2.33. The second kappa shape index (κ2) is 28.4. The highest BCUT2D eigenvalue weighted by Gasteiger charge is 2.84. The molecule has 16 nitrogen and oxygen atoms in total. The highest BCUT2D eigenvalue weighted by Crippen LogP contribution is 2.58. The first-order valence-electron chi connectivity index (χ1n) is 19.1. The van der Waals surface area contributed by atoms with Gasteiger partial charge in [0, 0.05) is 25.7 Å². The smallest absolute Gasteiger partial charge is 0.396 e. The number of alkyl halides is 36. The van der Waals surface area contributed by atoms with Crippen molar-refractivity contribution < 1.29 is 230 Å². The number of aliphatic hydroxyl groups excluding tert-OH is 4. The summed E-state index contributed by atoms with van der Waals surface area (Å²) in [6.45, 7) is -1.62. The van der Waals surface area contributed by atoms with Crippen LogP contribution in [0.5, 0.6) is 0 Å². The van der Waals surface area contributed by atoms with Crippen LogP contribution in [0.2, 0.25) is 0 Å². The van der Waals surface area contributed by atoms with Gasteiger partial charge in [-0.3, -0.25) is 18.2 Å². The molecule has 0 aromatic heterocycles. The minimum absolute atomic E-state index is 0.406. The van der Waals surface area contributed by atoms with Gasteiger partial charge in [0.1, 0.15) is 0 Å². The second-order valence-corrected chi connectivity index (χ2v) is 22.0. The Morgan fingerprint density at radius 2 is 0.318 bits per heavy atom. The highest BCUT2D eigenvalue weighted by molar-refractivity contribution is 7.86. The van der Waals surface area contributed by atoms with Gasteiger partial charge in [0.15, 0.2) is 0 Å². The van der Waals surface area contributed by atoms with E-state index < -0.39 is 217 Å². The summed E-state index contributed by atoms with van der Waals surface area (Å²) in [7, 11) is -21.0. The van der Waals surface area contributed by atoms with E-state index in [2.05, 4.69) is 0 Å². The lowest BCUT2D eigenvalue weighted by atomic mass is 9.93. The number of rotatable bonds is 24. The van der Waals surface area contributed by atoms with Crippen molar-refractivity contribution in [2.75, 3.05) is 49.4 Å². The average Bonchev–Trinajstić information content (AvgIpc) is 3.25. The zero-order chi connectivity index (χ0) is 71.0. The van der Waals surface area contributed by atoms with Crippen LogP contribution < -0.4 is 0 Å². The Kier molecular flexibility index (Phi) is 30.3. The fourth-order valence-corrected chi connectivity index (χ4v) is 5.64. The first-order valence-corrected chi connectivity index (χ1v) is 25.6. The largest absolute Gasteiger partial charge is 0.460 e. The van der Waals surface area contributed by atoms with Crippen molar-refractivity contribution in [3.05, 3.63) is 0 Å². The van der Waals surface area contributed by atoms with Crippen LogP contribution in [0.3, 0.4) is 0 Å². The number of hydrogen-bond acceptors (Lipinski definition) is 12. The molecule has 8 N–H and O–H groups in total. The van der Waals surface area contributed by atoms with Crippen molar-refractivity contribution in [2.24, 2.45) is 5.41 Å². The van der Waals surface area contributed by atoms with Crippen LogP contribution in [0.4, 0.5) is 158 Å². The summed E-state index contributed by atoms with van der Waals surface area (Å²) < 4.78 is 551. The van der Waals surface area contributed by atoms with E-state index in [9.17, 15) is 192 Å². The Labute approximate surface area is 447 Å². The van der Waals surface area contributed by atoms with Gasteiger partial charge in [0.2, 0.25) is 0 Å². The standard InChI is InChI=1S/4C6H5F9O3S.C5H12O4/c4*7-3(8,1-2-19(16,17)18)4(9,10)5(11,12)6(13,14)15;6-1-5(2-7,3-8)4-9/h4*1-2H2,(H,16,17,18);6-9H,1-4H2. The quantitative estimate of drug-likeness (QED) is 0.0330. The molecule has 0 rings (SSSR count). The fourth-order valence-electron chi connectivity index (χ4n) is 3.59. The van der Waals surface area contributed by atoms with E-state index in [1.54, 1.807) is 0 Å². The molecule has 0 radical (unpaired) electrons. The molecule has 0 aliphatic carbocycles. The maximum Gasteiger partial charge on any atom is 0.460 e. The van der Waals surface area contributed by atoms with Crippen molar-refractivity contribution in [3.63, 3.8) is 0 Å². The number of hydrogen-bond donors (Lipinski definition) is 8. The van der Waals surface area contributed by atoms with Crippen molar-refractivity contribution >= 4 is 40.5 Å². The van der Waals surface area contributed by atoms with Gasteiger partial charge < -0.3 is 20.4 Å². The third kappa shape index (κ3) is 24.0. The average molecular weight is 1450 g/mol. The van der Waals surface area contributed by atoms with Crippen molar-refractivity contribution in [3.8, 4) is 0 Å². The molecule has 0 aliphatic rings. The summed E-state index contributed by atoms with van der Waals surface area (Å²) in [6.07, 6.45) is -38.3. The Morgan fingerprint density at radius 3 is 0.376 bits per heavy atom. The van der Waals surface area contributed by atoms with Gasteiger partial charge in [-0.2, -0.15) is 192 Å². The zero-order valence-corrected chi connectivity index (χ0v) is 42.3. The predicted molar refractivity (Wildman–Crippen MR) is 198 cm³/mol. The van der Waals surface area contributed by atoms with E-state index in [4.69, 9.17) is 38.6 Å². The van der Waals surface area contributed by atoms with Crippen LogP contribution in [0.25, 0.3) is 0 Å². The maximum atomic E-state index is 12.7. The monoisotopic (exact) mass is 1450 g/mol. The van der Waals surface area contributed by atoms with Gasteiger partial charge in [-0.25, -0.2) is 0 Å². The molecule has 0 bridgehead atoms. The zero-order valence-electron chi connectivity index (χ0n) is 39.1. The summed E-state index contributed by atoms with van der Waals surface area (Å²) in [5.41, 5.74) is -1.11. The molecule has 0 fully saturated rings. The van der Waals surface area contributed by atoms with Crippen LogP contribution in [0.15, 0.2) is 0 Å². The summed E-state index contributed by atoms with van der Waals surface area (Å²) in [4.78, 5) is 0. The normalized spacial score (nSPS) is 15.3. The maximum absolute atomic E-state index is 12.7. The van der Waals surface area contributed by atoms with Crippen LogP contribution >= 0.6 is 0 Å². The van der Waals surface area contributed by atoms with Crippen LogP contribution in [0, 0.1) is 5.41 Å². The molecule has 0 aromatic rings. The van der Waals surface area contributed by atoms with Crippen molar-refractivity contribution in [1.82, 2.24) is 0 Å². The molecule has 0 heterocycles. The highest BCUT2D eigenvalue weighted by atomic mass is 32.2.